The van der Waals surface area contributed by atoms with Crippen molar-refractivity contribution in [3.05, 3.63) is 105 Å². The third-order valence-electron chi connectivity index (χ3n) is 5.21. The molecular formula is C23H19N3O7S2. The molecule has 1 aliphatic rings. The van der Waals surface area contributed by atoms with Gasteiger partial charge in [-0.05, 0) is 47.5 Å². The highest BCUT2D eigenvalue weighted by Gasteiger charge is 2.39. The SMILES string of the molecule is O=C(O)c1ccc(COc2ccc(/C=C3/CN(c4cccc([N+](=O)[O-])c4)N(S)S3(=O)=O)cc2)cc1. The van der Waals surface area contributed by atoms with Crippen molar-refractivity contribution in [2.45, 2.75) is 6.61 Å². The van der Waals surface area contributed by atoms with Crippen LogP contribution < -0.4 is 9.75 Å². The van der Waals surface area contributed by atoms with Gasteiger partial charge in [0, 0.05) is 12.1 Å². The number of carboxylic acids is 1. The number of hydrazine groups is 1. The number of rotatable bonds is 7. The Morgan fingerprint density at radius 3 is 2.43 bits per heavy atom. The van der Waals surface area contributed by atoms with E-state index in [-0.39, 0.29) is 29.3 Å². The van der Waals surface area contributed by atoms with E-state index in [0.29, 0.717) is 17.0 Å². The summed E-state index contributed by atoms with van der Waals surface area (Å²) >= 11 is 4.10. The van der Waals surface area contributed by atoms with Crippen LogP contribution in [-0.4, -0.2) is 34.8 Å². The van der Waals surface area contributed by atoms with Crippen LogP contribution in [0.5, 0.6) is 5.75 Å². The topological polar surface area (TPSA) is 130 Å². The van der Waals surface area contributed by atoms with Gasteiger partial charge in [0.05, 0.1) is 27.6 Å². The van der Waals surface area contributed by atoms with Crippen LogP contribution in [0.4, 0.5) is 11.4 Å². The standard InChI is InChI=1S/C23H19N3O7S2/c27-23(28)18-8-4-17(5-9-18)15-33-21-10-6-16(7-11-21)12-22-14-24(26(34)35(22,31)32)19-2-1-3-20(13-19)25(29)30/h1-13,34H,14-15H2,(H,27,28)/b22-12-. The highest BCUT2D eigenvalue weighted by atomic mass is 32.3. The van der Waals surface area contributed by atoms with Gasteiger partial charge in [-0.15, -0.1) is 0 Å². The third-order valence-corrected chi connectivity index (χ3v) is 7.61. The molecule has 0 radical (unpaired) electrons. The zero-order valence-electron chi connectivity index (χ0n) is 18.0. The molecule has 0 aliphatic carbocycles. The van der Waals surface area contributed by atoms with Gasteiger partial charge in [-0.25, -0.2) is 13.2 Å². The van der Waals surface area contributed by atoms with Crippen LogP contribution >= 0.6 is 12.8 Å². The Morgan fingerprint density at radius 1 is 1.11 bits per heavy atom. The van der Waals surface area contributed by atoms with Crippen LogP contribution in [0, 0.1) is 10.1 Å². The molecule has 0 spiro atoms. The monoisotopic (exact) mass is 513 g/mol. The lowest BCUT2D eigenvalue weighted by Gasteiger charge is -2.21. The lowest BCUT2D eigenvalue weighted by atomic mass is 10.1. The van der Waals surface area contributed by atoms with Gasteiger partial charge in [-0.3, -0.25) is 15.1 Å². The van der Waals surface area contributed by atoms with E-state index in [1.807, 2.05) is 0 Å². The largest absolute Gasteiger partial charge is 0.489 e. The quantitative estimate of drug-likeness (QED) is 0.274. The van der Waals surface area contributed by atoms with Crippen LogP contribution in [0.3, 0.4) is 0 Å². The molecule has 0 aromatic heterocycles. The number of nitro benzene ring substituents is 1. The normalized spacial score (nSPS) is 16.4. The van der Waals surface area contributed by atoms with Gasteiger partial charge in [-0.1, -0.05) is 47.0 Å². The average molecular weight is 514 g/mol. The molecule has 180 valence electrons. The molecule has 12 heteroatoms. The first-order valence-corrected chi connectivity index (χ1v) is 12.0. The van der Waals surface area contributed by atoms with E-state index in [2.05, 4.69) is 12.8 Å². The predicted molar refractivity (Wildman–Crippen MR) is 132 cm³/mol. The van der Waals surface area contributed by atoms with Crippen molar-refractivity contribution in [3.63, 3.8) is 0 Å². The number of carbonyl (C=O) groups is 1. The summed E-state index contributed by atoms with van der Waals surface area (Å²) in [6.45, 7) is 0.194. The lowest BCUT2D eigenvalue weighted by Crippen LogP contribution is -2.31. The number of benzene rings is 3. The van der Waals surface area contributed by atoms with Gasteiger partial charge in [0.2, 0.25) is 0 Å². The molecule has 35 heavy (non-hydrogen) atoms. The smallest absolute Gasteiger partial charge is 0.335 e. The summed E-state index contributed by atoms with van der Waals surface area (Å²) in [4.78, 5) is 21.5. The van der Waals surface area contributed by atoms with Gasteiger partial charge in [0.15, 0.2) is 0 Å². The Morgan fingerprint density at radius 2 is 1.80 bits per heavy atom. The summed E-state index contributed by atoms with van der Waals surface area (Å²) in [6, 6.07) is 18.8. The maximum atomic E-state index is 12.8. The molecule has 3 aromatic carbocycles. The molecule has 0 unspecified atom stereocenters. The number of nitrogens with zero attached hydrogens (tertiary/aromatic N) is 3. The molecule has 0 saturated carbocycles. The predicted octanol–water partition coefficient (Wildman–Crippen LogP) is 4.12. The Bertz CT molecular complexity index is 1410. The van der Waals surface area contributed by atoms with Crippen molar-refractivity contribution in [2.75, 3.05) is 11.6 Å². The number of ether oxygens (including phenoxy) is 1. The van der Waals surface area contributed by atoms with Crippen LogP contribution in [0.15, 0.2) is 77.7 Å². The first kappa shape index (κ1) is 24.3. The molecule has 0 bridgehead atoms. The highest BCUT2D eigenvalue weighted by molar-refractivity contribution is 8.02. The molecular weight excluding hydrogens is 494 g/mol. The van der Waals surface area contributed by atoms with Gasteiger partial charge >= 0.3 is 5.97 Å². The van der Waals surface area contributed by atoms with E-state index in [9.17, 15) is 23.3 Å². The molecule has 1 heterocycles. The second kappa shape index (κ2) is 9.78. The average Bonchev–Trinajstić information content (AvgIpc) is 3.07. The van der Waals surface area contributed by atoms with E-state index in [1.54, 1.807) is 42.5 Å². The van der Waals surface area contributed by atoms with E-state index >= 15 is 0 Å². The van der Waals surface area contributed by atoms with Crippen molar-refractivity contribution in [1.29, 1.82) is 0 Å². The van der Waals surface area contributed by atoms with E-state index in [1.165, 1.54) is 41.4 Å². The van der Waals surface area contributed by atoms with Gasteiger partial charge in [-0.2, -0.15) is 0 Å². The zero-order chi connectivity index (χ0) is 25.2. The number of hydrogen-bond acceptors (Lipinski definition) is 8. The van der Waals surface area contributed by atoms with Crippen LogP contribution in [0.2, 0.25) is 0 Å². The number of hydrogen-bond donors (Lipinski definition) is 2. The minimum Gasteiger partial charge on any atom is -0.489 e. The first-order chi connectivity index (χ1) is 16.6. The molecule has 4 rings (SSSR count). The number of carboxylic acid groups (broad SMARTS) is 1. The van der Waals surface area contributed by atoms with E-state index in [0.717, 1.165) is 9.38 Å². The fourth-order valence-electron chi connectivity index (χ4n) is 3.36. The Kier molecular flexibility index (Phi) is 6.78. The number of nitro groups is 1. The van der Waals surface area contributed by atoms with Crippen LogP contribution in [0.1, 0.15) is 21.5 Å². The second-order valence-electron chi connectivity index (χ2n) is 7.53. The van der Waals surface area contributed by atoms with Crippen molar-refractivity contribution in [2.24, 2.45) is 0 Å². The molecule has 1 fully saturated rings. The van der Waals surface area contributed by atoms with Gasteiger partial charge in [0.1, 0.15) is 12.4 Å². The summed E-state index contributed by atoms with van der Waals surface area (Å²) in [5.41, 5.74) is 1.77. The fourth-order valence-corrected chi connectivity index (χ4v) is 5.03. The summed E-state index contributed by atoms with van der Waals surface area (Å²) in [5, 5.41) is 21.3. The van der Waals surface area contributed by atoms with Gasteiger partial charge in [0.25, 0.3) is 15.7 Å². The molecule has 1 saturated heterocycles. The fraction of sp³-hybridized carbons (Fsp3) is 0.0870. The summed E-state index contributed by atoms with van der Waals surface area (Å²) in [5.74, 6) is -0.446. The maximum Gasteiger partial charge on any atom is 0.335 e. The number of anilines is 1. The summed E-state index contributed by atoms with van der Waals surface area (Å²) < 4.78 is 32.2. The molecule has 0 atom stereocenters. The first-order valence-electron chi connectivity index (χ1n) is 10.2. The number of thiol groups is 1. The minimum atomic E-state index is -3.92. The van der Waals surface area contributed by atoms with Crippen molar-refractivity contribution < 1.29 is 28.0 Å². The number of non-ortho nitro benzene ring substituents is 1. The minimum absolute atomic E-state index is 0.0441. The lowest BCUT2D eigenvalue weighted by molar-refractivity contribution is -0.384. The van der Waals surface area contributed by atoms with E-state index in [4.69, 9.17) is 9.84 Å². The van der Waals surface area contributed by atoms with Crippen molar-refractivity contribution in [1.82, 2.24) is 3.82 Å². The summed E-state index contributed by atoms with van der Waals surface area (Å²) in [6.07, 6.45) is 1.50. The van der Waals surface area contributed by atoms with Crippen LogP contribution in [-0.2, 0) is 16.6 Å². The Hall–Kier alpha value is -3.87. The summed E-state index contributed by atoms with van der Waals surface area (Å²) in [7, 11) is -3.92. The van der Waals surface area contributed by atoms with Crippen LogP contribution in [0.25, 0.3) is 6.08 Å². The Labute approximate surface area is 206 Å². The Balaban J connectivity index is 1.47. The molecule has 10 nitrogen and oxygen atoms in total. The van der Waals surface area contributed by atoms with Crippen molar-refractivity contribution >= 4 is 46.3 Å². The molecule has 0 amide bonds. The number of aromatic carboxylic acids is 1. The maximum absolute atomic E-state index is 12.8. The van der Waals surface area contributed by atoms with E-state index < -0.39 is 20.9 Å². The number of sulfonamides is 1. The highest BCUT2D eigenvalue weighted by Crippen LogP contribution is 2.34. The molecule has 1 aliphatic heterocycles. The molecule has 1 N–H and O–H groups in total. The van der Waals surface area contributed by atoms with Crippen molar-refractivity contribution in [3.8, 4) is 5.75 Å². The van der Waals surface area contributed by atoms with Gasteiger partial charge < -0.3 is 9.84 Å². The second-order valence-corrected chi connectivity index (χ2v) is 10.0. The molecule has 3 aromatic rings. The third kappa shape index (κ3) is 5.29. The zero-order valence-corrected chi connectivity index (χ0v) is 19.7.